The Hall–Kier alpha value is -2.63. The predicted molar refractivity (Wildman–Crippen MR) is 71.0 cm³/mol. The Kier molecular flexibility index (Phi) is 3.20. The van der Waals surface area contributed by atoms with E-state index in [-0.39, 0.29) is 0 Å². The van der Waals surface area contributed by atoms with E-state index in [0.717, 1.165) is 17.7 Å². The summed E-state index contributed by atoms with van der Waals surface area (Å²) < 4.78 is 26.2. The third kappa shape index (κ3) is 2.54. The van der Waals surface area contributed by atoms with Crippen LogP contribution < -0.4 is 5.32 Å². The topological polar surface area (TPSA) is 50.7 Å². The zero-order valence-electron chi connectivity index (χ0n) is 10.3. The van der Waals surface area contributed by atoms with Gasteiger partial charge < -0.3 is 5.32 Å². The molecule has 0 bridgehead atoms. The van der Waals surface area contributed by atoms with Crippen LogP contribution in [0.2, 0.25) is 0 Å². The summed E-state index contributed by atoms with van der Waals surface area (Å²) >= 11 is 0. The molecule has 0 saturated heterocycles. The fourth-order valence-corrected chi connectivity index (χ4v) is 1.79. The average Bonchev–Trinajstić information content (AvgIpc) is 2.47. The lowest BCUT2D eigenvalue weighted by Gasteiger charge is -2.06. The van der Waals surface area contributed by atoms with Crippen molar-refractivity contribution in [3.05, 3.63) is 60.1 Å². The van der Waals surface area contributed by atoms with Crippen LogP contribution in [0.3, 0.4) is 0 Å². The Labute approximate surface area is 113 Å². The van der Waals surface area contributed by atoms with Crippen LogP contribution in [0.5, 0.6) is 0 Å². The molecule has 0 amide bonds. The molecule has 2 heterocycles. The highest BCUT2D eigenvalue weighted by Crippen LogP contribution is 2.16. The molecule has 0 atom stereocenters. The minimum atomic E-state index is -0.932. The molecule has 0 spiro atoms. The van der Waals surface area contributed by atoms with Gasteiger partial charge in [0.1, 0.15) is 5.82 Å². The molecule has 1 N–H and O–H groups in total. The van der Waals surface area contributed by atoms with Crippen molar-refractivity contribution < 1.29 is 8.78 Å². The molecule has 0 aliphatic rings. The van der Waals surface area contributed by atoms with E-state index in [0.29, 0.717) is 23.4 Å². The van der Waals surface area contributed by atoms with Crippen molar-refractivity contribution in [1.82, 2.24) is 15.0 Å². The molecule has 0 unspecified atom stereocenters. The van der Waals surface area contributed by atoms with E-state index in [2.05, 4.69) is 20.3 Å². The van der Waals surface area contributed by atoms with Gasteiger partial charge in [-0.05, 0) is 17.7 Å². The number of hydrogen-bond acceptors (Lipinski definition) is 4. The number of benzene rings is 1. The van der Waals surface area contributed by atoms with E-state index in [4.69, 9.17) is 0 Å². The van der Waals surface area contributed by atoms with Gasteiger partial charge in [-0.2, -0.15) is 0 Å². The van der Waals surface area contributed by atoms with Gasteiger partial charge in [0.25, 0.3) is 0 Å². The molecule has 0 aliphatic carbocycles. The number of nitrogens with zero attached hydrogens (tertiary/aromatic N) is 3. The molecule has 2 aromatic heterocycles. The third-order valence-corrected chi connectivity index (χ3v) is 2.81. The molecular formula is C14H10F2N4. The molecule has 1 aromatic carbocycles. The lowest BCUT2D eigenvalue weighted by atomic mass is 10.2. The molecule has 100 valence electrons. The number of aromatic nitrogens is 3. The fourth-order valence-electron chi connectivity index (χ4n) is 1.79. The predicted octanol–water partition coefficient (Wildman–Crippen LogP) is 2.92. The maximum absolute atomic E-state index is 13.2. The highest BCUT2D eigenvalue weighted by atomic mass is 19.2. The van der Waals surface area contributed by atoms with E-state index < -0.39 is 11.6 Å². The van der Waals surface area contributed by atoms with Gasteiger partial charge in [0.15, 0.2) is 11.6 Å². The van der Waals surface area contributed by atoms with Crippen LogP contribution in [-0.4, -0.2) is 15.0 Å². The Morgan fingerprint density at radius 3 is 2.45 bits per heavy atom. The molecule has 4 nitrogen and oxygen atoms in total. The SMILES string of the molecule is Fc1cc2ncc(NCc3ccncc3)nc2cc1F. The van der Waals surface area contributed by atoms with Crippen molar-refractivity contribution in [2.24, 2.45) is 0 Å². The minimum absolute atomic E-state index is 0.309. The molecule has 3 rings (SSSR count). The second kappa shape index (κ2) is 5.16. The first kappa shape index (κ1) is 12.4. The summed E-state index contributed by atoms with van der Waals surface area (Å²) in [6.07, 6.45) is 4.88. The first-order chi connectivity index (χ1) is 9.72. The summed E-state index contributed by atoms with van der Waals surface area (Å²) in [5.41, 5.74) is 1.66. The van der Waals surface area contributed by atoms with Gasteiger partial charge in [-0.15, -0.1) is 0 Å². The molecule has 3 aromatic rings. The summed E-state index contributed by atoms with van der Waals surface area (Å²) in [4.78, 5) is 12.2. The van der Waals surface area contributed by atoms with Gasteiger partial charge in [0, 0.05) is 31.1 Å². The standard InChI is InChI=1S/C14H10F2N4/c15-10-5-12-13(6-11(10)16)20-14(8-18-12)19-7-9-1-3-17-4-2-9/h1-6,8H,7H2,(H,19,20). The largest absolute Gasteiger partial charge is 0.365 e. The van der Waals surface area contributed by atoms with Crippen LogP contribution in [0.25, 0.3) is 11.0 Å². The monoisotopic (exact) mass is 272 g/mol. The summed E-state index contributed by atoms with van der Waals surface area (Å²) in [5.74, 6) is -1.36. The van der Waals surface area contributed by atoms with Gasteiger partial charge in [-0.25, -0.2) is 13.8 Å². The first-order valence-corrected chi connectivity index (χ1v) is 5.97. The number of rotatable bonds is 3. The fraction of sp³-hybridized carbons (Fsp3) is 0.0714. The van der Waals surface area contributed by atoms with Gasteiger partial charge in [0.2, 0.25) is 0 Å². The van der Waals surface area contributed by atoms with Gasteiger partial charge in [-0.1, -0.05) is 0 Å². The van der Waals surface area contributed by atoms with Crippen LogP contribution >= 0.6 is 0 Å². The summed E-state index contributed by atoms with van der Waals surface area (Å²) in [6.45, 7) is 0.548. The van der Waals surface area contributed by atoms with Crippen molar-refractivity contribution in [2.75, 3.05) is 5.32 Å². The zero-order chi connectivity index (χ0) is 13.9. The Morgan fingerprint density at radius 2 is 1.70 bits per heavy atom. The number of fused-ring (bicyclic) bond motifs is 1. The highest BCUT2D eigenvalue weighted by molar-refractivity contribution is 5.75. The van der Waals surface area contributed by atoms with Crippen molar-refractivity contribution in [3.63, 3.8) is 0 Å². The smallest absolute Gasteiger partial charge is 0.161 e. The highest BCUT2D eigenvalue weighted by Gasteiger charge is 2.06. The molecule has 20 heavy (non-hydrogen) atoms. The number of pyridine rings is 1. The number of anilines is 1. The molecule has 0 radical (unpaired) electrons. The average molecular weight is 272 g/mol. The van der Waals surface area contributed by atoms with Crippen molar-refractivity contribution >= 4 is 16.9 Å². The third-order valence-electron chi connectivity index (χ3n) is 2.81. The maximum atomic E-state index is 13.2. The van der Waals surface area contributed by atoms with Crippen LogP contribution in [0.1, 0.15) is 5.56 Å². The van der Waals surface area contributed by atoms with Crippen LogP contribution in [0, 0.1) is 11.6 Å². The maximum Gasteiger partial charge on any atom is 0.161 e. The Bertz CT molecular complexity index is 747. The van der Waals surface area contributed by atoms with Crippen molar-refractivity contribution in [1.29, 1.82) is 0 Å². The van der Waals surface area contributed by atoms with Crippen molar-refractivity contribution in [3.8, 4) is 0 Å². The van der Waals surface area contributed by atoms with Crippen LogP contribution in [0.15, 0.2) is 42.9 Å². The van der Waals surface area contributed by atoms with Crippen molar-refractivity contribution in [2.45, 2.75) is 6.54 Å². The Morgan fingerprint density at radius 1 is 1.00 bits per heavy atom. The summed E-state index contributed by atoms with van der Waals surface area (Å²) in [7, 11) is 0. The van der Waals surface area contributed by atoms with E-state index in [1.165, 1.54) is 6.20 Å². The first-order valence-electron chi connectivity index (χ1n) is 5.97. The Balaban J connectivity index is 1.84. The second-order valence-electron chi connectivity index (χ2n) is 4.22. The second-order valence-corrected chi connectivity index (χ2v) is 4.22. The normalized spacial score (nSPS) is 10.7. The number of nitrogens with one attached hydrogen (secondary N) is 1. The van der Waals surface area contributed by atoms with Gasteiger partial charge >= 0.3 is 0 Å². The molecule has 0 saturated carbocycles. The summed E-state index contributed by atoms with van der Waals surface area (Å²) in [6, 6.07) is 5.81. The lowest BCUT2D eigenvalue weighted by molar-refractivity contribution is 0.510. The van der Waals surface area contributed by atoms with Gasteiger partial charge in [0.05, 0.1) is 17.2 Å². The molecule has 0 fully saturated rings. The van der Waals surface area contributed by atoms with E-state index >= 15 is 0 Å². The van der Waals surface area contributed by atoms with E-state index in [1.807, 2.05) is 12.1 Å². The van der Waals surface area contributed by atoms with Crippen LogP contribution in [-0.2, 0) is 6.54 Å². The molecule has 0 aliphatic heterocycles. The van der Waals surface area contributed by atoms with Crippen LogP contribution in [0.4, 0.5) is 14.6 Å². The number of hydrogen-bond donors (Lipinski definition) is 1. The van der Waals surface area contributed by atoms with Gasteiger partial charge in [-0.3, -0.25) is 9.97 Å². The lowest BCUT2D eigenvalue weighted by Crippen LogP contribution is -2.02. The van der Waals surface area contributed by atoms with E-state index in [1.54, 1.807) is 12.4 Å². The number of halogens is 2. The molecule has 6 heteroatoms. The summed E-state index contributed by atoms with van der Waals surface area (Å²) in [5, 5.41) is 3.07. The quantitative estimate of drug-likeness (QED) is 0.796. The van der Waals surface area contributed by atoms with E-state index in [9.17, 15) is 8.78 Å². The minimum Gasteiger partial charge on any atom is -0.365 e. The zero-order valence-corrected chi connectivity index (χ0v) is 10.3. The molecular weight excluding hydrogens is 262 g/mol.